The lowest BCUT2D eigenvalue weighted by Gasteiger charge is -2.41. The Balaban J connectivity index is 1.29. The summed E-state index contributed by atoms with van der Waals surface area (Å²) in [6, 6.07) is 0.850. The highest BCUT2D eigenvalue weighted by atomic mass is 19.1. The van der Waals surface area contributed by atoms with Crippen LogP contribution >= 0.6 is 0 Å². The normalized spacial score (nSPS) is 44.0. The van der Waals surface area contributed by atoms with Crippen LogP contribution in [0.25, 0.3) is 0 Å². The van der Waals surface area contributed by atoms with E-state index in [9.17, 15) is 9.18 Å². The highest BCUT2D eigenvalue weighted by molar-refractivity contribution is 5.82. The average molecular weight is 381 g/mol. The van der Waals surface area contributed by atoms with Crippen molar-refractivity contribution in [2.75, 3.05) is 33.2 Å². The molecule has 2 saturated carbocycles. The van der Waals surface area contributed by atoms with E-state index in [-0.39, 0.29) is 30.0 Å². The smallest absolute Gasteiger partial charge is 0.237 e. The van der Waals surface area contributed by atoms with Crippen molar-refractivity contribution < 1.29 is 9.18 Å². The Hall–Kier alpha value is -0.720. The summed E-state index contributed by atoms with van der Waals surface area (Å²) in [7, 11) is 2.19. The molecule has 1 amide bonds. The number of likely N-dealkylation sites (N-methyl/N-ethyl adjacent to an activating group) is 1. The lowest BCUT2D eigenvalue weighted by molar-refractivity contribution is -0.124. The number of carbonyl (C=O) groups excluding carboxylic acids is 1. The molecule has 0 radical (unpaired) electrons. The first-order valence-corrected chi connectivity index (χ1v) is 11.1. The Morgan fingerprint density at radius 3 is 2.59 bits per heavy atom. The summed E-state index contributed by atoms with van der Waals surface area (Å²) in [5.74, 6) is 0.595. The molecule has 6 heteroatoms. The van der Waals surface area contributed by atoms with Gasteiger partial charge in [0.25, 0.3) is 0 Å². The average Bonchev–Trinajstić information content (AvgIpc) is 3.13. The van der Waals surface area contributed by atoms with E-state index in [2.05, 4.69) is 34.4 Å². The van der Waals surface area contributed by atoms with Gasteiger partial charge in [0.05, 0.1) is 6.04 Å². The molecule has 154 valence electrons. The number of piperazine rings is 1. The molecule has 4 aliphatic rings. The summed E-state index contributed by atoms with van der Waals surface area (Å²) in [5, 5.41) is 6.79. The molecule has 0 aromatic heterocycles. The summed E-state index contributed by atoms with van der Waals surface area (Å²) < 4.78 is 14.3. The molecule has 0 aromatic rings. The minimum atomic E-state index is -0.743. The van der Waals surface area contributed by atoms with Crippen LogP contribution in [-0.2, 0) is 4.79 Å². The molecule has 4 rings (SSSR count). The van der Waals surface area contributed by atoms with Crippen LogP contribution in [0.2, 0.25) is 0 Å². The Bertz CT molecular complexity index is 506. The minimum Gasteiger partial charge on any atom is -0.352 e. The summed E-state index contributed by atoms with van der Waals surface area (Å²) in [6.45, 7) is 6.77. The van der Waals surface area contributed by atoms with E-state index < -0.39 is 6.17 Å². The summed E-state index contributed by atoms with van der Waals surface area (Å²) in [6.07, 6.45) is 6.10. The lowest BCUT2D eigenvalue weighted by Crippen LogP contribution is -2.54. The lowest BCUT2D eigenvalue weighted by atomic mass is 9.77. The third kappa shape index (κ3) is 4.33. The molecule has 2 N–H and O–H groups in total. The van der Waals surface area contributed by atoms with E-state index in [4.69, 9.17) is 0 Å². The number of nitrogens with one attached hydrogen (secondary N) is 2. The fourth-order valence-corrected chi connectivity index (χ4v) is 5.92. The number of alkyl halides is 1. The van der Waals surface area contributed by atoms with Crippen molar-refractivity contribution in [3.05, 3.63) is 0 Å². The van der Waals surface area contributed by atoms with E-state index in [0.29, 0.717) is 24.8 Å². The van der Waals surface area contributed by atoms with Crippen LogP contribution in [0.3, 0.4) is 0 Å². The molecule has 0 spiro atoms. The first-order valence-electron chi connectivity index (χ1n) is 11.1. The molecular weight excluding hydrogens is 343 g/mol. The molecule has 27 heavy (non-hydrogen) atoms. The first kappa shape index (κ1) is 19.6. The van der Waals surface area contributed by atoms with E-state index in [1.165, 1.54) is 12.8 Å². The molecule has 2 saturated heterocycles. The molecule has 2 heterocycles. The Kier molecular flexibility index (Phi) is 6.05. The van der Waals surface area contributed by atoms with E-state index in [1.807, 2.05) is 0 Å². The molecule has 7 atom stereocenters. The van der Waals surface area contributed by atoms with Crippen molar-refractivity contribution in [2.45, 2.75) is 82.2 Å². The molecule has 2 aliphatic carbocycles. The highest BCUT2D eigenvalue weighted by Crippen LogP contribution is 2.38. The van der Waals surface area contributed by atoms with Crippen molar-refractivity contribution in [2.24, 2.45) is 11.8 Å². The van der Waals surface area contributed by atoms with Crippen LogP contribution in [-0.4, -0.2) is 79.3 Å². The molecule has 5 nitrogen and oxygen atoms in total. The van der Waals surface area contributed by atoms with E-state index in [1.54, 1.807) is 0 Å². The van der Waals surface area contributed by atoms with Crippen molar-refractivity contribution >= 4 is 5.91 Å². The first-order chi connectivity index (χ1) is 13.0. The second-order valence-corrected chi connectivity index (χ2v) is 9.58. The molecule has 4 fully saturated rings. The van der Waals surface area contributed by atoms with Crippen molar-refractivity contribution in [3.63, 3.8) is 0 Å². The van der Waals surface area contributed by atoms with Crippen molar-refractivity contribution in [3.8, 4) is 0 Å². The Labute approximate surface area is 163 Å². The van der Waals surface area contributed by atoms with Crippen molar-refractivity contribution in [1.82, 2.24) is 20.4 Å². The number of hydrogen-bond acceptors (Lipinski definition) is 4. The maximum atomic E-state index is 14.3. The third-order valence-electron chi connectivity index (χ3n) is 7.70. The quantitative estimate of drug-likeness (QED) is 0.784. The maximum Gasteiger partial charge on any atom is 0.237 e. The Morgan fingerprint density at radius 2 is 1.85 bits per heavy atom. The number of carbonyl (C=O) groups is 1. The zero-order chi connectivity index (χ0) is 19.0. The van der Waals surface area contributed by atoms with Crippen LogP contribution in [0.4, 0.5) is 4.39 Å². The standard InChI is InChI=1S/C21H37FN4O/c1-14-6-7-18(22)17-13-19(24-20(14)17)21(27)23-15-4-3-5-16(12-15)26-10-8-25(2)9-11-26/h14-20,24H,3-13H2,1-2H3,(H,23,27). The molecule has 7 unspecified atom stereocenters. The zero-order valence-corrected chi connectivity index (χ0v) is 17.0. The largest absolute Gasteiger partial charge is 0.352 e. The number of fused-ring (bicyclic) bond motifs is 1. The number of amides is 1. The van der Waals surface area contributed by atoms with E-state index >= 15 is 0 Å². The summed E-state index contributed by atoms with van der Waals surface area (Å²) in [5.41, 5.74) is 0. The van der Waals surface area contributed by atoms with Gasteiger partial charge in [-0.05, 0) is 57.9 Å². The minimum absolute atomic E-state index is 0.0222. The van der Waals surface area contributed by atoms with Gasteiger partial charge >= 0.3 is 0 Å². The fourth-order valence-electron chi connectivity index (χ4n) is 5.92. The number of nitrogens with zero attached hydrogens (tertiary/aromatic N) is 2. The number of rotatable bonds is 3. The van der Waals surface area contributed by atoms with Gasteiger partial charge < -0.3 is 15.5 Å². The third-order valence-corrected chi connectivity index (χ3v) is 7.70. The van der Waals surface area contributed by atoms with Gasteiger partial charge in [-0.15, -0.1) is 0 Å². The number of hydrogen-bond donors (Lipinski definition) is 2. The van der Waals surface area contributed by atoms with Gasteiger partial charge in [-0.1, -0.05) is 6.92 Å². The molecule has 0 aromatic carbocycles. The predicted octanol–water partition coefficient (Wildman–Crippen LogP) is 1.78. The number of halogens is 1. The topological polar surface area (TPSA) is 47.6 Å². The second kappa shape index (κ2) is 8.34. The van der Waals surface area contributed by atoms with Gasteiger partial charge in [-0.3, -0.25) is 9.69 Å². The van der Waals surface area contributed by atoms with Gasteiger partial charge in [0, 0.05) is 50.2 Å². The van der Waals surface area contributed by atoms with Crippen LogP contribution < -0.4 is 10.6 Å². The summed E-state index contributed by atoms with van der Waals surface area (Å²) in [4.78, 5) is 17.9. The van der Waals surface area contributed by atoms with Crippen LogP contribution in [0.1, 0.15) is 51.9 Å². The SMILES string of the molecule is CC1CCC(F)C2CC(C(=O)NC3CCCC(N4CCN(C)CC4)C3)NC12. The highest BCUT2D eigenvalue weighted by Gasteiger charge is 2.46. The molecule has 0 bridgehead atoms. The zero-order valence-electron chi connectivity index (χ0n) is 17.0. The van der Waals surface area contributed by atoms with Gasteiger partial charge in [0.2, 0.25) is 5.91 Å². The van der Waals surface area contributed by atoms with Crippen molar-refractivity contribution in [1.29, 1.82) is 0 Å². The van der Waals surface area contributed by atoms with Crippen LogP contribution in [0.5, 0.6) is 0 Å². The van der Waals surface area contributed by atoms with E-state index in [0.717, 1.165) is 45.4 Å². The second-order valence-electron chi connectivity index (χ2n) is 9.58. The monoisotopic (exact) mass is 380 g/mol. The summed E-state index contributed by atoms with van der Waals surface area (Å²) >= 11 is 0. The Morgan fingerprint density at radius 1 is 1.07 bits per heavy atom. The van der Waals surface area contributed by atoms with Gasteiger partial charge in [0.15, 0.2) is 0 Å². The van der Waals surface area contributed by atoms with Gasteiger partial charge in [-0.2, -0.15) is 0 Å². The van der Waals surface area contributed by atoms with Crippen LogP contribution in [0, 0.1) is 11.8 Å². The predicted molar refractivity (Wildman–Crippen MR) is 105 cm³/mol. The maximum absolute atomic E-state index is 14.3. The van der Waals surface area contributed by atoms with Gasteiger partial charge in [0.1, 0.15) is 6.17 Å². The fraction of sp³-hybridized carbons (Fsp3) is 0.952. The van der Waals surface area contributed by atoms with Crippen LogP contribution in [0.15, 0.2) is 0 Å². The molecular formula is C21H37FN4O. The molecule has 2 aliphatic heterocycles. The van der Waals surface area contributed by atoms with Gasteiger partial charge in [-0.25, -0.2) is 4.39 Å².